The SMILES string of the molecule is CCCCCCCCCCCCOc1ccc(S(=O)(=O)Nc2cc(C)cc([N+](=O)[O-])c2C(OC(c2ccccc2)c2c(NS(=O)(=O)c3ccc(OCCCCCCCCCCCC)cc3)cc(C)cc2[N+](=O)[O-])c2ccccc2)cc1. The number of nitrogens with zero attached hydrogens (tertiary/aromatic N) is 2. The third kappa shape index (κ3) is 19.7. The van der Waals surface area contributed by atoms with Crippen molar-refractivity contribution in [3.05, 3.63) is 187 Å². The number of unbranched alkanes of at least 4 members (excludes halogenated alkanes) is 18. The fourth-order valence-corrected chi connectivity index (χ4v) is 12.1. The van der Waals surface area contributed by atoms with Crippen LogP contribution >= 0.6 is 0 Å². The molecule has 2 atom stereocenters. The van der Waals surface area contributed by atoms with E-state index in [2.05, 4.69) is 23.3 Å². The van der Waals surface area contributed by atoms with E-state index >= 15 is 0 Å². The third-order valence-corrected chi connectivity index (χ3v) is 17.1. The molecule has 2 N–H and O–H groups in total. The standard InChI is InChI=1S/C64H82N4O11S2/c1-5-7-9-11-13-15-17-19-21-29-43-77-53-35-39-55(40-36-53)80(73,74)65-57-45-49(3)47-59(67(69)70)61(57)63(51-31-25-23-26-32-51)79-64(52-33-27-24-28-34-52)62-58(46-50(4)48-60(62)68(71)72)66-81(75,76)56-41-37-54(38-42-56)78-44-30-22-20-18-16-14-12-10-8-6-2/h23-28,31-42,45-48,63-66H,5-22,29-30,43-44H2,1-4H3. The van der Waals surface area contributed by atoms with Gasteiger partial charge in [0.25, 0.3) is 31.4 Å². The summed E-state index contributed by atoms with van der Waals surface area (Å²) in [5.74, 6) is 0.983. The third-order valence-electron chi connectivity index (χ3n) is 14.3. The molecular formula is C64H82N4O11S2. The van der Waals surface area contributed by atoms with Crippen LogP contribution in [0.25, 0.3) is 0 Å². The minimum Gasteiger partial charge on any atom is -0.494 e. The molecule has 0 aromatic heterocycles. The summed E-state index contributed by atoms with van der Waals surface area (Å²) in [5.41, 5.74) is -0.425. The summed E-state index contributed by atoms with van der Waals surface area (Å²) >= 11 is 0. The van der Waals surface area contributed by atoms with Gasteiger partial charge in [-0.1, -0.05) is 190 Å². The highest BCUT2D eigenvalue weighted by Gasteiger charge is 2.37. The molecule has 2 unspecified atom stereocenters. The number of benzene rings is 6. The normalized spacial score (nSPS) is 12.4. The Morgan fingerprint density at radius 3 is 1.05 bits per heavy atom. The van der Waals surface area contributed by atoms with E-state index in [4.69, 9.17) is 14.2 Å². The summed E-state index contributed by atoms with van der Waals surface area (Å²) < 4.78 is 82.0. The van der Waals surface area contributed by atoms with Gasteiger partial charge in [-0.05, 0) is 110 Å². The molecule has 0 aliphatic rings. The van der Waals surface area contributed by atoms with Crippen LogP contribution in [0.2, 0.25) is 0 Å². The Morgan fingerprint density at radius 1 is 0.432 bits per heavy atom. The minimum absolute atomic E-state index is 0.137. The molecule has 81 heavy (non-hydrogen) atoms. The second-order valence-electron chi connectivity index (χ2n) is 20.9. The molecule has 0 saturated heterocycles. The van der Waals surface area contributed by atoms with E-state index in [0.717, 1.165) is 38.5 Å². The molecule has 6 rings (SSSR count). The summed E-state index contributed by atoms with van der Waals surface area (Å²) in [6.45, 7) is 8.57. The van der Waals surface area contributed by atoms with Crippen LogP contribution in [0.5, 0.6) is 11.5 Å². The second-order valence-corrected chi connectivity index (χ2v) is 24.3. The van der Waals surface area contributed by atoms with Crippen LogP contribution < -0.4 is 18.9 Å². The van der Waals surface area contributed by atoms with Crippen molar-refractivity contribution in [3.8, 4) is 11.5 Å². The Balaban J connectivity index is 1.28. The molecule has 0 spiro atoms. The van der Waals surface area contributed by atoms with Crippen LogP contribution in [0.15, 0.2) is 143 Å². The zero-order valence-corrected chi connectivity index (χ0v) is 49.2. The predicted octanol–water partition coefficient (Wildman–Crippen LogP) is 17.2. The van der Waals surface area contributed by atoms with Crippen LogP contribution in [0.1, 0.15) is 188 Å². The summed E-state index contributed by atoms with van der Waals surface area (Å²) in [7, 11) is -8.91. The van der Waals surface area contributed by atoms with Gasteiger partial charge in [0.15, 0.2) is 0 Å². The fraction of sp³-hybridized carbons (Fsp3) is 0.438. The second kappa shape index (κ2) is 32.6. The molecule has 0 radical (unpaired) electrons. The lowest BCUT2D eigenvalue weighted by Gasteiger charge is -2.29. The van der Waals surface area contributed by atoms with E-state index in [1.165, 1.54) is 138 Å². The number of hydrogen-bond acceptors (Lipinski definition) is 11. The first-order valence-corrected chi connectivity index (χ1v) is 31.9. The number of aryl methyl sites for hydroxylation is 2. The molecule has 0 fully saturated rings. The van der Waals surface area contributed by atoms with E-state index in [-0.39, 0.29) is 32.3 Å². The maximum absolute atomic E-state index is 14.4. The summed E-state index contributed by atoms with van der Waals surface area (Å²) in [4.78, 5) is 25.0. The lowest BCUT2D eigenvalue weighted by molar-refractivity contribution is -0.386. The topological polar surface area (TPSA) is 206 Å². The molecule has 6 aromatic rings. The van der Waals surface area contributed by atoms with Gasteiger partial charge in [0.1, 0.15) is 23.7 Å². The largest absolute Gasteiger partial charge is 0.494 e. The van der Waals surface area contributed by atoms with Crippen molar-refractivity contribution in [2.75, 3.05) is 22.7 Å². The van der Waals surface area contributed by atoms with Gasteiger partial charge < -0.3 is 14.2 Å². The number of nitro groups is 2. The fourth-order valence-electron chi connectivity index (χ4n) is 9.99. The van der Waals surface area contributed by atoms with Gasteiger partial charge in [0, 0.05) is 12.1 Å². The Morgan fingerprint density at radius 2 is 0.741 bits per heavy atom. The van der Waals surface area contributed by atoms with Gasteiger partial charge in [-0.15, -0.1) is 0 Å². The van der Waals surface area contributed by atoms with Gasteiger partial charge in [-0.25, -0.2) is 16.8 Å². The van der Waals surface area contributed by atoms with Crippen molar-refractivity contribution >= 4 is 42.8 Å². The molecule has 0 heterocycles. The molecule has 15 nitrogen and oxygen atoms in total. The molecule has 436 valence electrons. The van der Waals surface area contributed by atoms with Crippen LogP contribution in [0.4, 0.5) is 22.7 Å². The predicted molar refractivity (Wildman–Crippen MR) is 323 cm³/mol. The van der Waals surface area contributed by atoms with Crippen molar-refractivity contribution in [2.24, 2.45) is 0 Å². The number of ether oxygens (including phenoxy) is 3. The lowest BCUT2D eigenvalue weighted by Crippen LogP contribution is -2.21. The molecule has 0 bridgehead atoms. The number of rotatable bonds is 38. The molecular weight excluding hydrogens is 1060 g/mol. The Hall–Kier alpha value is -6.82. The van der Waals surface area contributed by atoms with Gasteiger partial charge in [0.05, 0.1) is 55.4 Å². The van der Waals surface area contributed by atoms with E-state index < -0.39 is 53.5 Å². The van der Waals surface area contributed by atoms with Crippen LogP contribution in [-0.2, 0) is 24.8 Å². The first-order valence-electron chi connectivity index (χ1n) is 29.0. The molecule has 0 aliphatic heterocycles. The number of nitro benzene ring substituents is 2. The summed E-state index contributed by atoms with van der Waals surface area (Å²) in [6.07, 6.45) is 20.6. The van der Waals surface area contributed by atoms with E-state index in [1.54, 1.807) is 98.8 Å². The van der Waals surface area contributed by atoms with Gasteiger partial charge in [-0.2, -0.15) is 0 Å². The summed E-state index contributed by atoms with van der Waals surface area (Å²) in [6, 6.07) is 34.1. The highest BCUT2D eigenvalue weighted by Crippen LogP contribution is 2.47. The highest BCUT2D eigenvalue weighted by atomic mass is 32.2. The average molecular weight is 1150 g/mol. The lowest BCUT2D eigenvalue weighted by atomic mass is 9.93. The molecule has 6 aromatic carbocycles. The van der Waals surface area contributed by atoms with E-state index in [0.29, 0.717) is 47.0 Å². The Labute approximate surface area is 480 Å². The van der Waals surface area contributed by atoms with Crippen molar-refractivity contribution in [3.63, 3.8) is 0 Å². The monoisotopic (exact) mass is 1150 g/mol. The highest BCUT2D eigenvalue weighted by molar-refractivity contribution is 7.93. The maximum Gasteiger partial charge on any atom is 0.277 e. The zero-order valence-electron chi connectivity index (χ0n) is 47.6. The number of hydrogen-bond donors (Lipinski definition) is 2. The molecule has 0 aliphatic carbocycles. The van der Waals surface area contributed by atoms with E-state index in [1.807, 2.05) is 0 Å². The molecule has 0 saturated carbocycles. The Kier molecular flexibility index (Phi) is 25.5. The first-order chi connectivity index (χ1) is 39.1. The first kappa shape index (κ1) is 63.4. The van der Waals surface area contributed by atoms with E-state index in [9.17, 15) is 37.1 Å². The van der Waals surface area contributed by atoms with Crippen molar-refractivity contribution in [1.82, 2.24) is 0 Å². The zero-order chi connectivity index (χ0) is 58.0. The van der Waals surface area contributed by atoms with Crippen LogP contribution in [-0.4, -0.2) is 39.9 Å². The van der Waals surface area contributed by atoms with Crippen LogP contribution in [0.3, 0.4) is 0 Å². The quantitative estimate of drug-likeness (QED) is 0.0212. The van der Waals surface area contributed by atoms with Crippen molar-refractivity contribution in [1.29, 1.82) is 0 Å². The van der Waals surface area contributed by atoms with Gasteiger partial charge >= 0.3 is 0 Å². The number of nitrogens with one attached hydrogen (secondary N) is 2. The Bertz CT molecular complexity index is 2920. The van der Waals surface area contributed by atoms with Gasteiger partial charge in [0.2, 0.25) is 0 Å². The smallest absolute Gasteiger partial charge is 0.277 e. The summed E-state index contributed by atoms with van der Waals surface area (Å²) in [5, 5.41) is 26.5. The van der Waals surface area contributed by atoms with Crippen molar-refractivity contribution < 1.29 is 40.9 Å². The van der Waals surface area contributed by atoms with Gasteiger partial charge in [-0.3, -0.25) is 29.7 Å². The van der Waals surface area contributed by atoms with Crippen LogP contribution in [0, 0.1) is 34.1 Å². The molecule has 0 amide bonds. The number of anilines is 2. The maximum atomic E-state index is 14.4. The average Bonchev–Trinajstić information content (AvgIpc) is 3.65. The molecule has 17 heteroatoms. The number of sulfonamides is 2. The minimum atomic E-state index is -4.46. The van der Waals surface area contributed by atoms with Crippen molar-refractivity contribution in [2.45, 2.75) is 178 Å².